The van der Waals surface area contributed by atoms with Crippen molar-refractivity contribution in [2.75, 3.05) is 37.4 Å². The fraction of sp³-hybridized carbons (Fsp3) is 0.667. The number of carbonyl (C=O) groups excluding carboxylic acids is 1. The van der Waals surface area contributed by atoms with E-state index in [1.54, 1.807) is 6.20 Å². The van der Waals surface area contributed by atoms with Gasteiger partial charge in [-0.15, -0.1) is 0 Å². The van der Waals surface area contributed by atoms with E-state index in [-0.39, 0.29) is 5.91 Å². The number of likely N-dealkylation sites (N-methyl/N-ethyl adjacent to an activating group) is 1. The smallest absolute Gasteiger partial charge is 0.227 e. The number of halogens is 1. The van der Waals surface area contributed by atoms with Crippen LogP contribution in [0.1, 0.15) is 6.42 Å². The minimum Gasteiger partial charge on any atom is -0.309 e. The van der Waals surface area contributed by atoms with Gasteiger partial charge in [-0.1, -0.05) is 15.9 Å². The fourth-order valence-electron chi connectivity index (χ4n) is 2.05. The van der Waals surface area contributed by atoms with Crippen LogP contribution in [0.5, 0.6) is 0 Å². The standard InChI is InChI=1S/C12H19BrN4O/c1-15(2)3-4-16-9-11(7-14-16)17-8-10(6-13)5-12(17)18/h7,9-10H,3-6,8H2,1-2H3. The van der Waals surface area contributed by atoms with Gasteiger partial charge in [-0.25, -0.2) is 0 Å². The molecular formula is C12H19BrN4O. The van der Waals surface area contributed by atoms with E-state index in [1.165, 1.54) is 0 Å². The summed E-state index contributed by atoms with van der Waals surface area (Å²) < 4.78 is 1.89. The molecule has 0 bridgehead atoms. The van der Waals surface area contributed by atoms with Crippen LogP contribution in [0.15, 0.2) is 12.4 Å². The van der Waals surface area contributed by atoms with E-state index in [1.807, 2.05) is 29.9 Å². The predicted octanol–water partition coefficient (Wildman–Crippen LogP) is 1.19. The molecule has 100 valence electrons. The van der Waals surface area contributed by atoms with Crippen molar-refractivity contribution in [3.8, 4) is 0 Å². The van der Waals surface area contributed by atoms with Crippen LogP contribution >= 0.6 is 15.9 Å². The van der Waals surface area contributed by atoms with Crippen LogP contribution in [0.2, 0.25) is 0 Å². The topological polar surface area (TPSA) is 41.4 Å². The van der Waals surface area contributed by atoms with Crippen molar-refractivity contribution < 1.29 is 4.79 Å². The highest BCUT2D eigenvalue weighted by molar-refractivity contribution is 9.09. The second-order valence-corrected chi connectivity index (χ2v) is 5.64. The van der Waals surface area contributed by atoms with Crippen molar-refractivity contribution >= 4 is 27.5 Å². The minimum atomic E-state index is 0.201. The lowest BCUT2D eigenvalue weighted by atomic mass is 10.2. The van der Waals surface area contributed by atoms with Gasteiger partial charge in [0.05, 0.1) is 18.4 Å². The highest BCUT2D eigenvalue weighted by atomic mass is 79.9. The van der Waals surface area contributed by atoms with E-state index >= 15 is 0 Å². The summed E-state index contributed by atoms with van der Waals surface area (Å²) in [4.78, 5) is 15.8. The van der Waals surface area contributed by atoms with Crippen LogP contribution in [0, 0.1) is 5.92 Å². The zero-order valence-electron chi connectivity index (χ0n) is 10.8. The summed E-state index contributed by atoms with van der Waals surface area (Å²) >= 11 is 3.44. The molecule has 1 atom stereocenters. The zero-order valence-corrected chi connectivity index (χ0v) is 12.4. The van der Waals surface area contributed by atoms with Gasteiger partial charge in [0, 0.05) is 31.0 Å². The number of alkyl halides is 1. The Balaban J connectivity index is 1.99. The molecule has 1 aliphatic heterocycles. The molecule has 0 N–H and O–H groups in total. The molecule has 1 saturated heterocycles. The van der Waals surface area contributed by atoms with Gasteiger partial charge in [0.2, 0.25) is 5.91 Å². The van der Waals surface area contributed by atoms with Crippen molar-refractivity contribution in [2.24, 2.45) is 5.92 Å². The second kappa shape index (κ2) is 5.84. The molecule has 0 radical (unpaired) electrons. The lowest BCUT2D eigenvalue weighted by molar-refractivity contribution is -0.117. The number of hydrogen-bond donors (Lipinski definition) is 0. The quantitative estimate of drug-likeness (QED) is 0.767. The van der Waals surface area contributed by atoms with Crippen LogP contribution in [0.25, 0.3) is 0 Å². The Morgan fingerprint density at radius 1 is 1.56 bits per heavy atom. The van der Waals surface area contributed by atoms with Gasteiger partial charge in [-0.05, 0) is 20.0 Å². The normalized spacial score (nSPS) is 20.1. The van der Waals surface area contributed by atoms with Crippen LogP contribution in [0.4, 0.5) is 5.69 Å². The molecule has 1 aliphatic rings. The van der Waals surface area contributed by atoms with E-state index in [0.717, 1.165) is 30.7 Å². The molecule has 18 heavy (non-hydrogen) atoms. The predicted molar refractivity (Wildman–Crippen MR) is 75.0 cm³/mol. The van der Waals surface area contributed by atoms with Gasteiger partial charge < -0.3 is 9.80 Å². The zero-order chi connectivity index (χ0) is 13.1. The number of nitrogens with zero attached hydrogens (tertiary/aromatic N) is 4. The molecule has 1 aromatic rings. The Morgan fingerprint density at radius 2 is 2.33 bits per heavy atom. The Hall–Kier alpha value is -0.880. The largest absolute Gasteiger partial charge is 0.309 e. The van der Waals surface area contributed by atoms with Crippen molar-refractivity contribution in [1.82, 2.24) is 14.7 Å². The van der Waals surface area contributed by atoms with Crippen molar-refractivity contribution in [3.63, 3.8) is 0 Å². The summed E-state index contributed by atoms with van der Waals surface area (Å²) in [6.45, 7) is 2.58. The van der Waals surface area contributed by atoms with Crippen molar-refractivity contribution in [1.29, 1.82) is 0 Å². The highest BCUT2D eigenvalue weighted by Gasteiger charge is 2.30. The number of amides is 1. The molecule has 0 aliphatic carbocycles. The minimum absolute atomic E-state index is 0.201. The van der Waals surface area contributed by atoms with E-state index in [0.29, 0.717) is 12.3 Å². The van der Waals surface area contributed by atoms with Crippen LogP contribution in [-0.4, -0.2) is 53.1 Å². The fourth-order valence-corrected chi connectivity index (χ4v) is 2.48. The summed E-state index contributed by atoms with van der Waals surface area (Å²) in [5.41, 5.74) is 0.919. The van der Waals surface area contributed by atoms with Gasteiger partial charge in [0.1, 0.15) is 0 Å². The van der Waals surface area contributed by atoms with Gasteiger partial charge in [0.15, 0.2) is 0 Å². The lowest BCUT2D eigenvalue weighted by Crippen LogP contribution is -2.24. The van der Waals surface area contributed by atoms with Crippen LogP contribution < -0.4 is 4.90 Å². The summed E-state index contributed by atoms with van der Waals surface area (Å²) in [6, 6.07) is 0. The molecule has 0 aromatic carbocycles. The van der Waals surface area contributed by atoms with Crippen LogP contribution in [-0.2, 0) is 11.3 Å². The van der Waals surface area contributed by atoms with Crippen LogP contribution in [0.3, 0.4) is 0 Å². The summed E-state index contributed by atoms with van der Waals surface area (Å²) in [7, 11) is 4.07. The third kappa shape index (κ3) is 3.11. The second-order valence-electron chi connectivity index (χ2n) is 4.99. The highest BCUT2D eigenvalue weighted by Crippen LogP contribution is 2.25. The average Bonchev–Trinajstić information content (AvgIpc) is 2.92. The summed E-state index contributed by atoms with van der Waals surface area (Å²) in [6.07, 6.45) is 4.37. The maximum Gasteiger partial charge on any atom is 0.227 e. The van der Waals surface area contributed by atoms with Crippen molar-refractivity contribution in [3.05, 3.63) is 12.4 Å². The first kappa shape index (κ1) is 13.5. The number of rotatable bonds is 5. The third-order valence-electron chi connectivity index (χ3n) is 3.13. The summed E-state index contributed by atoms with van der Waals surface area (Å²) in [5, 5.41) is 5.18. The molecule has 5 nitrogen and oxygen atoms in total. The lowest BCUT2D eigenvalue weighted by Gasteiger charge is -2.13. The Bertz CT molecular complexity index is 418. The number of aromatic nitrogens is 2. The molecular weight excluding hydrogens is 296 g/mol. The molecule has 0 spiro atoms. The maximum absolute atomic E-state index is 11.9. The summed E-state index contributed by atoms with van der Waals surface area (Å²) in [5.74, 6) is 0.620. The average molecular weight is 315 g/mol. The third-order valence-corrected chi connectivity index (χ3v) is 4.05. The molecule has 2 heterocycles. The maximum atomic E-state index is 11.9. The van der Waals surface area contributed by atoms with E-state index in [2.05, 4.69) is 25.9 Å². The van der Waals surface area contributed by atoms with Gasteiger partial charge in [0.25, 0.3) is 0 Å². The van der Waals surface area contributed by atoms with Gasteiger partial charge in [-0.3, -0.25) is 9.48 Å². The first-order valence-corrected chi connectivity index (χ1v) is 7.26. The van der Waals surface area contributed by atoms with E-state index in [9.17, 15) is 4.79 Å². The molecule has 0 saturated carbocycles. The molecule has 1 fully saturated rings. The number of anilines is 1. The van der Waals surface area contributed by atoms with Gasteiger partial charge in [-0.2, -0.15) is 5.10 Å². The first-order chi connectivity index (χ1) is 8.60. The SMILES string of the molecule is CN(C)CCn1cc(N2CC(CBr)CC2=O)cn1. The van der Waals surface area contributed by atoms with Gasteiger partial charge >= 0.3 is 0 Å². The van der Waals surface area contributed by atoms with Crippen molar-refractivity contribution in [2.45, 2.75) is 13.0 Å². The molecule has 1 unspecified atom stereocenters. The molecule has 6 heteroatoms. The first-order valence-electron chi connectivity index (χ1n) is 6.13. The Kier molecular flexibility index (Phi) is 4.40. The molecule has 1 amide bonds. The monoisotopic (exact) mass is 314 g/mol. The van der Waals surface area contributed by atoms with E-state index in [4.69, 9.17) is 0 Å². The molecule has 2 rings (SSSR count). The Morgan fingerprint density at radius 3 is 2.94 bits per heavy atom. The number of carbonyl (C=O) groups is 1. The van der Waals surface area contributed by atoms with E-state index < -0.39 is 0 Å². The Labute approximate surface area is 116 Å². The number of hydrogen-bond acceptors (Lipinski definition) is 3. The molecule has 1 aromatic heterocycles.